The van der Waals surface area contributed by atoms with Crippen LogP contribution >= 0.6 is 0 Å². The number of aliphatic hydroxyl groups excluding tert-OH is 1. The van der Waals surface area contributed by atoms with Crippen LogP contribution < -0.4 is 5.32 Å². The quantitative estimate of drug-likeness (QED) is 0.741. The van der Waals surface area contributed by atoms with Crippen molar-refractivity contribution in [3.63, 3.8) is 0 Å². The third-order valence-corrected chi connectivity index (χ3v) is 2.72. The van der Waals surface area contributed by atoms with Crippen LogP contribution in [-0.4, -0.2) is 35.9 Å². The van der Waals surface area contributed by atoms with Gasteiger partial charge in [0.15, 0.2) is 0 Å². The Morgan fingerprint density at radius 2 is 2.11 bits per heavy atom. The van der Waals surface area contributed by atoms with E-state index < -0.39 is 0 Å². The Labute approximate surface area is 114 Å². The van der Waals surface area contributed by atoms with Gasteiger partial charge in [0.1, 0.15) is 6.61 Å². The van der Waals surface area contributed by atoms with Crippen LogP contribution in [0.4, 0.5) is 4.79 Å². The molecule has 1 aromatic rings. The lowest BCUT2D eigenvalue weighted by Crippen LogP contribution is -2.41. The smallest absolute Gasteiger partial charge is 0.341 e. The molecule has 0 saturated heterocycles. The summed E-state index contributed by atoms with van der Waals surface area (Å²) < 4.78 is 0. The Hall–Kier alpha value is -1.59. The van der Waals surface area contributed by atoms with E-state index in [2.05, 4.69) is 5.32 Å². The van der Waals surface area contributed by atoms with E-state index in [4.69, 9.17) is 9.94 Å². The van der Waals surface area contributed by atoms with E-state index in [-0.39, 0.29) is 18.7 Å². The maximum Gasteiger partial charge on any atom is 0.341 e. The first-order valence-corrected chi connectivity index (χ1v) is 6.45. The number of urea groups is 1. The summed E-state index contributed by atoms with van der Waals surface area (Å²) in [4.78, 5) is 17.1. The van der Waals surface area contributed by atoms with E-state index in [1.165, 1.54) is 5.06 Å². The number of benzene rings is 1. The first-order chi connectivity index (χ1) is 9.13. The summed E-state index contributed by atoms with van der Waals surface area (Å²) in [6, 6.07) is 9.41. The predicted octanol–water partition coefficient (Wildman–Crippen LogP) is 1.92. The van der Waals surface area contributed by atoms with Crippen LogP contribution in [0.25, 0.3) is 0 Å². The van der Waals surface area contributed by atoms with E-state index in [0.29, 0.717) is 13.0 Å². The largest absolute Gasteiger partial charge is 0.396 e. The van der Waals surface area contributed by atoms with Gasteiger partial charge in [-0.2, -0.15) is 0 Å². The van der Waals surface area contributed by atoms with Crippen molar-refractivity contribution < 1.29 is 14.7 Å². The summed E-state index contributed by atoms with van der Waals surface area (Å²) in [6.45, 7) is 2.40. The number of amides is 2. The summed E-state index contributed by atoms with van der Waals surface area (Å²) in [5.74, 6) is 0. The van der Waals surface area contributed by atoms with Crippen LogP contribution in [0, 0.1) is 0 Å². The van der Waals surface area contributed by atoms with E-state index in [1.807, 2.05) is 37.3 Å². The third-order valence-electron chi connectivity index (χ3n) is 2.72. The fraction of sp³-hybridized carbons (Fsp3) is 0.500. The van der Waals surface area contributed by atoms with Gasteiger partial charge in [-0.25, -0.2) is 9.86 Å². The number of carbonyl (C=O) groups is 1. The summed E-state index contributed by atoms with van der Waals surface area (Å²) in [6.07, 6.45) is 1.42. The van der Waals surface area contributed by atoms with Crippen molar-refractivity contribution in [3.05, 3.63) is 35.9 Å². The summed E-state index contributed by atoms with van der Waals surface area (Å²) >= 11 is 0. The topological polar surface area (TPSA) is 61.8 Å². The SMILES string of the molecule is CC(CCCO)NC(=O)N(C)OCc1ccccc1. The fourth-order valence-electron chi connectivity index (χ4n) is 1.58. The van der Waals surface area contributed by atoms with Gasteiger partial charge in [0, 0.05) is 19.7 Å². The Morgan fingerprint density at radius 1 is 1.42 bits per heavy atom. The minimum atomic E-state index is -0.277. The highest BCUT2D eigenvalue weighted by Gasteiger charge is 2.12. The molecule has 0 heterocycles. The standard InChI is InChI=1S/C14H22N2O3/c1-12(7-6-10-17)15-14(18)16(2)19-11-13-8-4-3-5-9-13/h3-5,8-9,12,17H,6-7,10-11H2,1-2H3,(H,15,18). The molecule has 0 aliphatic heterocycles. The van der Waals surface area contributed by atoms with Gasteiger partial charge in [0.2, 0.25) is 0 Å². The lowest BCUT2D eigenvalue weighted by Gasteiger charge is -2.20. The van der Waals surface area contributed by atoms with Crippen molar-refractivity contribution in [2.75, 3.05) is 13.7 Å². The summed E-state index contributed by atoms with van der Waals surface area (Å²) in [5.41, 5.74) is 1.01. The Morgan fingerprint density at radius 3 is 2.74 bits per heavy atom. The molecule has 1 atom stereocenters. The number of nitrogens with one attached hydrogen (secondary N) is 1. The van der Waals surface area contributed by atoms with Gasteiger partial charge in [-0.1, -0.05) is 30.3 Å². The van der Waals surface area contributed by atoms with Gasteiger partial charge in [-0.15, -0.1) is 0 Å². The van der Waals surface area contributed by atoms with Gasteiger partial charge < -0.3 is 10.4 Å². The summed E-state index contributed by atoms with van der Waals surface area (Å²) in [7, 11) is 1.58. The van der Waals surface area contributed by atoms with Gasteiger partial charge in [-0.3, -0.25) is 4.84 Å². The molecule has 5 heteroatoms. The zero-order valence-electron chi connectivity index (χ0n) is 11.5. The molecule has 1 rings (SSSR count). The predicted molar refractivity (Wildman–Crippen MR) is 73.3 cm³/mol. The number of rotatable bonds is 7. The maximum atomic E-state index is 11.8. The molecule has 1 unspecified atom stereocenters. The molecule has 0 aromatic heterocycles. The molecule has 2 N–H and O–H groups in total. The minimum Gasteiger partial charge on any atom is -0.396 e. The summed E-state index contributed by atoms with van der Waals surface area (Å²) in [5, 5.41) is 12.7. The van der Waals surface area contributed by atoms with Crippen LogP contribution in [0.5, 0.6) is 0 Å². The minimum absolute atomic E-state index is 0.0161. The van der Waals surface area contributed by atoms with Crippen molar-refractivity contribution >= 4 is 6.03 Å². The molecule has 0 spiro atoms. The van der Waals surface area contributed by atoms with Gasteiger partial charge in [-0.05, 0) is 25.3 Å². The molecule has 0 radical (unpaired) electrons. The van der Waals surface area contributed by atoms with Gasteiger partial charge in [0.05, 0.1) is 0 Å². The third kappa shape index (κ3) is 6.22. The number of carbonyl (C=O) groups excluding carboxylic acids is 1. The van der Waals surface area contributed by atoms with Crippen molar-refractivity contribution in [2.24, 2.45) is 0 Å². The van der Waals surface area contributed by atoms with Gasteiger partial charge in [0.25, 0.3) is 0 Å². The number of hydrogen-bond donors (Lipinski definition) is 2. The van der Waals surface area contributed by atoms with E-state index in [9.17, 15) is 4.79 Å². The first kappa shape index (κ1) is 15.5. The number of hydroxylamine groups is 2. The molecule has 1 aromatic carbocycles. The van der Waals surface area contributed by atoms with Crippen molar-refractivity contribution in [1.82, 2.24) is 10.4 Å². The average molecular weight is 266 g/mol. The second-order valence-electron chi connectivity index (χ2n) is 4.47. The normalized spacial score (nSPS) is 11.9. The highest BCUT2D eigenvalue weighted by atomic mass is 16.7. The van der Waals surface area contributed by atoms with Crippen molar-refractivity contribution in [2.45, 2.75) is 32.4 Å². The second kappa shape index (κ2) is 8.50. The average Bonchev–Trinajstić information content (AvgIpc) is 2.43. The molecule has 0 bridgehead atoms. The monoisotopic (exact) mass is 266 g/mol. The molecule has 106 valence electrons. The number of nitrogens with zero attached hydrogens (tertiary/aromatic N) is 1. The fourth-order valence-corrected chi connectivity index (χ4v) is 1.58. The van der Waals surface area contributed by atoms with Gasteiger partial charge >= 0.3 is 6.03 Å². The zero-order valence-corrected chi connectivity index (χ0v) is 11.5. The first-order valence-electron chi connectivity index (χ1n) is 6.45. The van der Waals surface area contributed by atoms with Crippen LogP contribution in [0.1, 0.15) is 25.3 Å². The van der Waals surface area contributed by atoms with Crippen molar-refractivity contribution in [1.29, 1.82) is 0 Å². The lowest BCUT2D eigenvalue weighted by atomic mass is 10.2. The molecule has 2 amide bonds. The molecular weight excluding hydrogens is 244 g/mol. The van der Waals surface area contributed by atoms with Crippen LogP contribution in [-0.2, 0) is 11.4 Å². The number of aliphatic hydroxyl groups is 1. The zero-order chi connectivity index (χ0) is 14.1. The molecule has 19 heavy (non-hydrogen) atoms. The van der Waals surface area contributed by atoms with Crippen LogP contribution in [0.3, 0.4) is 0 Å². The molecule has 0 aliphatic carbocycles. The van der Waals surface area contributed by atoms with E-state index >= 15 is 0 Å². The molecule has 0 saturated carbocycles. The van der Waals surface area contributed by atoms with Crippen LogP contribution in [0.15, 0.2) is 30.3 Å². The Kier molecular flexibility index (Phi) is 6.92. The maximum absolute atomic E-state index is 11.8. The second-order valence-corrected chi connectivity index (χ2v) is 4.47. The molecule has 0 fully saturated rings. The van der Waals surface area contributed by atoms with E-state index in [0.717, 1.165) is 12.0 Å². The number of hydrogen-bond acceptors (Lipinski definition) is 3. The van der Waals surface area contributed by atoms with E-state index in [1.54, 1.807) is 7.05 Å². The Bertz CT molecular complexity index is 370. The molecular formula is C14H22N2O3. The highest BCUT2D eigenvalue weighted by Crippen LogP contribution is 2.03. The van der Waals surface area contributed by atoms with Crippen molar-refractivity contribution in [3.8, 4) is 0 Å². The highest BCUT2D eigenvalue weighted by molar-refractivity contribution is 5.72. The molecule has 5 nitrogen and oxygen atoms in total. The lowest BCUT2D eigenvalue weighted by molar-refractivity contribution is -0.110. The van der Waals surface area contributed by atoms with Crippen LogP contribution in [0.2, 0.25) is 0 Å². The molecule has 0 aliphatic rings. The Balaban J connectivity index is 2.28.